The van der Waals surface area contributed by atoms with Gasteiger partial charge >= 0.3 is 0 Å². The zero-order chi connectivity index (χ0) is 19.1. The van der Waals surface area contributed by atoms with Gasteiger partial charge in [-0.05, 0) is 24.1 Å². The molecule has 0 spiro atoms. The van der Waals surface area contributed by atoms with Crippen LogP contribution in [0.15, 0.2) is 48.5 Å². The van der Waals surface area contributed by atoms with Crippen molar-refractivity contribution in [1.29, 1.82) is 0 Å². The Morgan fingerprint density at radius 1 is 1.26 bits per heavy atom. The minimum Gasteiger partial charge on any atom is -0.496 e. The molecule has 0 aliphatic carbocycles. The maximum absolute atomic E-state index is 12.2. The lowest BCUT2D eigenvalue weighted by molar-refractivity contribution is -0.123. The van der Waals surface area contributed by atoms with Crippen LogP contribution in [-0.2, 0) is 11.3 Å². The largest absolute Gasteiger partial charge is 0.496 e. The number of methoxy groups -OCH3 is 1. The molecule has 1 fully saturated rings. The van der Waals surface area contributed by atoms with Gasteiger partial charge in [0.2, 0.25) is 0 Å². The summed E-state index contributed by atoms with van der Waals surface area (Å²) in [5.41, 5.74) is 1.72. The first kappa shape index (κ1) is 18.9. The van der Waals surface area contributed by atoms with E-state index < -0.39 is 0 Å². The molecule has 27 heavy (non-hydrogen) atoms. The number of likely N-dealkylation sites (tertiary alicyclic amines) is 1. The van der Waals surface area contributed by atoms with E-state index in [4.69, 9.17) is 9.47 Å². The van der Waals surface area contributed by atoms with Crippen LogP contribution < -0.4 is 14.8 Å². The van der Waals surface area contributed by atoms with Gasteiger partial charge in [-0.15, -0.1) is 0 Å². The normalized spacial score (nSPS) is 16.7. The summed E-state index contributed by atoms with van der Waals surface area (Å²) in [4.78, 5) is 25.4. The molecule has 1 amide bonds. The zero-order valence-corrected chi connectivity index (χ0v) is 15.4. The lowest BCUT2D eigenvalue weighted by Gasteiger charge is -2.17. The summed E-state index contributed by atoms with van der Waals surface area (Å²) < 4.78 is 10.7. The number of aldehydes is 1. The number of carbonyl (C=O) groups excluding carboxylic acids is 2. The first-order valence-corrected chi connectivity index (χ1v) is 8.99. The third kappa shape index (κ3) is 5.31. The van der Waals surface area contributed by atoms with Gasteiger partial charge in [0, 0.05) is 31.7 Å². The van der Waals surface area contributed by atoms with Gasteiger partial charge in [0.15, 0.2) is 12.9 Å². The molecule has 0 saturated carbocycles. The predicted octanol–water partition coefficient (Wildman–Crippen LogP) is 2.28. The Morgan fingerprint density at radius 2 is 2.07 bits per heavy atom. The predicted molar refractivity (Wildman–Crippen MR) is 102 cm³/mol. The third-order valence-corrected chi connectivity index (χ3v) is 4.59. The number of nitrogens with zero attached hydrogens (tertiary/aromatic N) is 1. The molecule has 6 nitrogen and oxygen atoms in total. The summed E-state index contributed by atoms with van der Waals surface area (Å²) in [5, 5.41) is 3.02. The highest BCUT2D eigenvalue weighted by Crippen LogP contribution is 2.23. The van der Waals surface area contributed by atoms with E-state index in [1.54, 1.807) is 18.2 Å². The monoisotopic (exact) mass is 368 g/mol. The molecule has 2 aromatic carbocycles. The van der Waals surface area contributed by atoms with Crippen molar-refractivity contribution < 1.29 is 19.1 Å². The fraction of sp³-hybridized carbons (Fsp3) is 0.333. The van der Waals surface area contributed by atoms with Gasteiger partial charge in [0.05, 0.1) is 12.7 Å². The fourth-order valence-corrected chi connectivity index (χ4v) is 3.23. The minimum absolute atomic E-state index is 0.0707. The van der Waals surface area contributed by atoms with E-state index in [9.17, 15) is 9.59 Å². The SMILES string of the molecule is COc1cc(OCC(=O)N[C@H]2CCN(Cc3ccccc3)C2)ccc1C=O. The van der Waals surface area contributed by atoms with Gasteiger partial charge in [0.1, 0.15) is 11.5 Å². The van der Waals surface area contributed by atoms with E-state index in [0.29, 0.717) is 17.1 Å². The molecule has 1 aliphatic heterocycles. The van der Waals surface area contributed by atoms with Crippen LogP contribution in [-0.4, -0.2) is 49.9 Å². The second-order valence-electron chi connectivity index (χ2n) is 6.58. The Balaban J connectivity index is 1.44. The maximum Gasteiger partial charge on any atom is 0.258 e. The molecule has 0 aromatic heterocycles. The van der Waals surface area contributed by atoms with Crippen molar-refractivity contribution in [1.82, 2.24) is 10.2 Å². The smallest absolute Gasteiger partial charge is 0.258 e. The molecule has 1 atom stereocenters. The molecular weight excluding hydrogens is 344 g/mol. The summed E-state index contributed by atoms with van der Waals surface area (Å²) in [6, 6.07) is 15.3. The number of hydrogen-bond donors (Lipinski definition) is 1. The van der Waals surface area contributed by atoms with Crippen LogP contribution in [0.3, 0.4) is 0 Å². The van der Waals surface area contributed by atoms with E-state index >= 15 is 0 Å². The van der Waals surface area contributed by atoms with Crippen molar-refractivity contribution in [3.05, 3.63) is 59.7 Å². The average Bonchev–Trinajstić information content (AvgIpc) is 3.13. The fourth-order valence-electron chi connectivity index (χ4n) is 3.23. The molecular formula is C21H24N2O4. The van der Waals surface area contributed by atoms with E-state index in [2.05, 4.69) is 22.3 Å². The molecule has 0 bridgehead atoms. The van der Waals surface area contributed by atoms with Crippen LogP contribution in [0.2, 0.25) is 0 Å². The van der Waals surface area contributed by atoms with Gasteiger partial charge in [-0.1, -0.05) is 30.3 Å². The summed E-state index contributed by atoms with van der Waals surface area (Å²) >= 11 is 0. The van der Waals surface area contributed by atoms with Crippen LogP contribution in [0.5, 0.6) is 11.5 Å². The molecule has 0 radical (unpaired) electrons. The van der Waals surface area contributed by atoms with E-state index in [0.717, 1.165) is 32.3 Å². The Hall–Kier alpha value is -2.86. The highest BCUT2D eigenvalue weighted by atomic mass is 16.5. The van der Waals surface area contributed by atoms with Gasteiger partial charge in [-0.2, -0.15) is 0 Å². The maximum atomic E-state index is 12.2. The minimum atomic E-state index is -0.153. The second kappa shape index (κ2) is 9.19. The highest BCUT2D eigenvalue weighted by molar-refractivity contribution is 5.80. The second-order valence-corrected chi connectivity index (χ2v) is 6.58. The number of ether oxygens (including phenoxy) is 2. The van der Waals surface area contributed by atoms with Crippen LogP contribution >= 0.6 is 0 Å². The lowest BCUT2D eigenvalue weighted by Crippen LogP contribution is -2.39. The van der Waals surface area contributed by atoms with Crippen LogP contribution in [0.1, 0.15) is 22.3 Å². The molecule has 1 heterocycles. The topological polar surface area (TPSA) is 67.9 Å². The highest BCUT2D eigenvalue weighted by Gasteiger charge is 2.23. The van der Waals surface area contributed by atoms with Crippen molar-refractivity contribution >= 4 is 12.2 Å². The molecule has 2 aromatic rings. The van der Waals surface area contributed by atoms with Crippen molar-refractivity contribution in [2.24, 2.45) is 0 Å². The van der Waals surface area contributed by atoms with Crippen LogP contribution in [0.4, 0.5) is 0 Å². The first-order chi connectivity index (χ1) is 13.2. The Bertz CT molecular complexity index is 779. The van der Waals surface area contributed by atoms with Crippen molar-refractivity contribution in [3.8, 4) is 11.5 Å². The summed E-state index contributed by atoms with van der Waals surface area (Å²) in [5.74, 6) is 0.764. The van der Waals surface area contributed by atoms with E-state index in [1.165, 1.54) is 12.7 Å². The Labute approximate surface area is 159 Å². The van der Waals surface area contributed by atoms with Crippen LogP contribution in [0.25, 0.3) is 0 Å². The van der Waals surface area contributed by atoms with Gasteiger partial charge in [-0.25, -0.2) is 0 Å². The molecule has 142 valence electrons. The number of carbonyl (C=O) groups is 2. The number of nitrogens with one attached hydrogen (secondary N) is 1. The Morgan fingerprint density at radius 3 is 2.81 bits per heavy atom. The van der Waals surface area contributed by atoms with Gasteiger partial charge in [-0.3, -0.25) is 14.5 Å². The number of hydrogen-bond acceptors (Lipinski definition) is 5. The lowest BCUT2D eigenvalue weighted by atomic mass is 10.2. The first-order valence-electron chi connectivity index (χ1n) is 8.99. The number of amides is 1. The van der Waals surface area contributed by atoms with Crippen molar-refractivity contribution in [2.75, 3.05) is 26.8 Å². The summed E-state index contributed by atoms with van der Waals surface area (Å²) in [7, 11) is 1.49. The van der Waals surface area contributed by atoms with Gasteiger partial charge < -0.3 is 14.8 Å². The summed E-state index contributed by atoms with van der Waals surface area (Å²) in [6.45, 7) is 2.62. The molecule has 1 saturated heterocycles. The van der Waals surface area contributed by atoms with Gasteiger partial charge in [0.25, 0.3) is 5.91 Å². The molecule has 1 aliphatic rings. The van der Waals surface area contributed by atoms with E-state index in [1.807, 2.05) is 18.2 Å². The number of benzene rings is 2. The standard InChI is InChI=1S/C21H24N2O4/c1-26-20-11-19(8-7-17(20)14-24)27-15-21(25)22-18-9-10-23(13-18)12-16-5-3-2-4-6-16/h2-8,11,14,18H,9-10,12-13,15H2,1H3,(H,22,25)/t18-/m0/s1. The third-order valence-electron chi connectivity index (χ3n) is 4.59. The average molecular weight is 368 g/mol. The summed E-state index contributed by atoms with van der Waals surface area (Å²) in [6.07, 6.45) is 1.65. The quantitative estimate of drug-likeness (QED) is 0.724. The molecule has 1 N–H and O–H groups in total. The molecule has 0 unspecified atom stereocenters. The molecule has 3 rings (SSSR count). The Kier molecular flexibility index (Phi) is 6.44. The van der Waals surface area contributed by atoms with Crippen LogP contribution in [0, 0.1) is 0 Å². The zero-order valence-electron chi connectivity index (χ0n) is 15.4. The number of rotatable bonds is 8. The molecule has 6 heteroatoms. The van der Waals surface area contributed by atoms with E-state index in [-0.39, 0.29) is 18.6 Å². The van der Waals surface area contributed by atoms with Crippen molar-refractivity contribution in [2.45, 2.75) is 19.0 Å². The van der Waals surface area contributed by atoms with Crippen molar-refractivity contribution in [3.63, 3.8) is 0 Å².